The van der Waals surface area contributed by atoms with E-state index in [1.807, 2.05) is 0 Å². The first kappa shape index (κ1) is 11.0. The first-order valence-electron chi connectivity index (χ1n) is 6.21. The van der Waals surface area contributed by atoms with Gasteiger partial charge in [-0.25, -0.2) is 0 Å². The van der Waals surface area contributed by atoms with Crippen LogP contribution in [0.25, 0.3) is 0 Å². The van der Waals surface area contributed by atoms with Gasteiger partial charge >= 0.3 is 0 Å². The van der Waals surface area contributed by atoms with Crippen molar-refractivity contribution in [1.29, 1.82) is 0 Å². The van der Waals surface area contributed by atoms with E-state index in [-0.39, 0.29) is 0 Å². The van der Waals surface area contributed by atoms with Crippen molar-refractivity contribution in [3.05, 3.63) is 23.3 Å². The normalized spacial score (nSPS) is 32.7. The SMILES string of the molecule is CC1=CC=C2C(C1)C(C)(C)CCC2(C)C. The highest BCUT2D eigenvalue weighted by Gasteiger charge is 2.43. The molecule has 2 aliphatic carbocycles. The molecule has 0 amide bonds. The Morgan fingerprint density at radius 3 is 2.40 bits per heavy atom. The molecule has 0 radical (unpaired) electrons. The average molecular weight is 204 g/mol. The third-order valence-electron chi connectivity index (χ3n) is 4.57. The summed E-state index contributed by atoms with van der Waals surface area (Å²) in [6.45, 7) is 12.0. The van der Waals surface area contributed by atoms with Gasteiger partial charge in [0.2, 0.25) is 0 Å². The lowest BCUT2D eigenvalue weighted by Crippen LogP contribution is -2.39. The summed E-state index contributed by atoms with van der Waals surface area (Å²) in [7, 11) is 0. The summed E-state index contributed by atoms with van der Waals surface area (Å²) in [4.78, 5) is 0. The largest absolute Gasteiger partial charge is 0.0727 e. The van der Waals surface area contributed by atoms with E-state index in [9.17, 15) is 0 Å². The quantitative estimate of drug-likeness (QED) is 0.535. The molecule has 2 rings (SSSR count). The molecule has 0 nitrogen and oxygen atoms in total. The molecule has 1 fully saturated rings. The van der Waals surface area contributed by atoms with E-state index >= 15 is 0 Å². The van der Waals surface area contributed by atoms with Crippen LogP contribution in [0.5, 0.6) is 0 Å². The van der Waals surface area contributed by atoms with Crippen LogP contribution in [0.15, 0.2) is 23.3 Å². The highest BCUT2D eigenvalue weighted by Crippen LogP contribution is 2.55. The molecule has 1 saturated carbocycles. The lowest BCUT2D eigenvalue weighted by atomic mass is 9.55. The summed E-state index contributed by atoms with van der Waals surface area (Å²) >= 11 is 0. The van der Waals surface area contributed by atoms with Gasteiger partial charge in [0.15, 0.2) is 0 Å². The Bertz CT molecular complexity index is 326. The van der Waals surface area contributed by atoms with Gasteiger partial charge in [0, 0.05) is 0 Å². The number of hydrogen-bond acceptors (Lipinski definition) is 0. The molecule has 0 saturated heterocycles. The van der Waals surface area contributed by atoms with Gasteiger partial charge in [-0.2, -0.15) is 0 Å². The summed E-state index contributed by atoms with van der Waals surface area (Å²) in [5, 5.41) is 0. The molecule has 0 N–H and O–H groups in total. The van der Waals surface area contributed by atoms with Crippen molar-refractivity contribution >= 4 is 0 Å². The first-order chi connectivity index (χ1) is 6.83. The molecule has 1 unspecified atom stereocenters. The number of hydrogen-bond donors (Lipinski definition) is 0. The molecule has 0 heteroatoms. The zero-order valence-electron chi connectivity index (χ0n) is 10.9. The van der Waals surface area contributed by atoms with Crippen molar-refractivity contribution in [2.75, 3.05) is 0 Å². The maximum Gasteiger partial charge on any atom is -0.0106 e. The van der Waals surface area contributed by atoms with Crippen molar-refractivity contribution in [2.45, 2.75) is 53.9 Å². The summed E-state index contributed by atoms with van der Waals surface area (Å²) in [5.74, 6) is 0.784. The highest BCUT2D eigenvalue weighted by molar-refractivity contribution is 5.32. The molecule has 0 aromatic heterocycles. The van der Waals surface area contributed by atoms with Crippen molar-refractivity contribution in [1.82, 2.24) is 0 Å². The van der Waals surface area contributed by atoms with Crippen LogP contribution in [-0.4, -0.2) is 0 Å². The molecule has 0 aliphatic heterocycles. The lowest BCUT2D eigenvalue weighted by molar-refractivity contribution is 0.121. The smallest absolute Gasteiger partial charge is 0.0106 e. The monoisotopic (exact) mass is 204 g/mol. The Balaban J connectivity index is 2.41. The van der Waals surface area contributed by atoms with Gasteiger partial charge in [-0.3, -0.25) is 0 Å². The van der Waals surface area contributed by atoms with Crippen LogP contribution in [0.2, 0.25) is 0 Å². The highest BCUT2D eigenvalue weighted by atomic mass is 14.5. The number of allylic oxidation sites excluding steroid dienone is 4. The van der Waals surface area contributed by atoms with E-state index in [1.54, 1.807) is 11.1 Å². The fourth-order valence-corrected chi connectivity index (χ4v) is 3.20. The molecule has 0 bridgehead atoms. The Morgan fingerprint density at radius 1 is 1.07 bits per heavy atom. The van der Waals surface area contributed by atoms with Crippen LogP contribution < -0.4 is 0 Å². The second kappa shape index (κ2) is 3.23. The standard InChI is InChI=1S/C15H24/c1-11-6-7-12-13(10-11)15(4,5)9-8-14(12,2)3/h6-7,13H,8-10H2,1-5H3. The molecule has 2 aliphatic rings. The number of fused-ring (bicyclic) bond motifs is 1. The molecule has 1 atom stereocenters. The minimum atomic E-state index is 0.428. The molecule has 0 aromatic rings. The molecule has 0 aromatic carbocycles. The predicted molar refractivity (Wildman–Crippen MR) is 66.7 cm³/mol. The Labute approximate surface area is 94.5 Å². The minimum absolute atomic E-state index is 0.428. The van der Waals surface area contributed by atoms with E-state index in [0.29, 0.717) is 10.8 Å². The zero-order chi connectivity index (χ0) is 11.3. The fraction of sp³-hybridized carbons (Fsp3) is 0.733. The van der Waals surface area contributed by atoms with Crippen molar-refractivity contribution in [3.63, 3.8) is 0 Å². The predicted octanol–water partition coefficient (Wildman–Crippen LogP) is 4.73. The third-order valence-corrected chi connectivity index (χ3v) is 4.57. The van der Waals surface area contributed by atoms with E-state index in [0.717, 1.165) is 5.92 Å². The van der Waals surface area contributed by atoms with Crippen LogP contribution in [-0.2, 0) is 0 Å². The van der Waals surface area contributed by atoms with E-state index < -0.39 is 0 Å². The molecule has 0 heterocycles. The second-order valence-corrected chi connectivity index (χ2v) is 6.76. The Kier molecular flexibility index (Phi) is 2.37. The van der Waals surface area contributed by atoms with Gasteiger partial charge in [0.1, 0.15) is 0 Å². The first-order valence-corrected chi connectivity index (χ1v) is 6.21. The van der Waals surface area contributed by atoms with Crippen LogP contribution in [0, 0.1) is 16.7 Å². The van der Waals surface area contributed by atoms with Crippen molar-refractivity contribution in [3.8, 4) is 0 Å². The zero-order valence-corrected chi connectivity index (χ0v) is 10.9. The fourth-order valence-electron chi connectivity index (χ4n) is 3.20. The third kappa shape index (κ3) is 1.79. The van der Waals surface area contributed by atoms with Gasteiger partial charge < -0.3 is 0 Å². The van der Waals surface area contributed by atoms with Crippen molar-refractivity contribution in [2.24, 2.45) is 16.7 Å². The van der Waals surface area contributed by atoms with Crippen molar-refractivity contribution < 1.29 is 0 Å². The second-order valence-electron chi connectivity index (χ2n) is 6.76. The van der Waals surface area contributed by atoms with Crippen LogP contribution >= 0.6 is 0 Å². The lowest BCUT2D eigenvalue weighted by Gasteiger charge is -2.49. The van der Waals surface area contributed by atoms with Gasteiger partial charge in [0.05, 0.1) is 0 Å². The molecule has 15 heavy (non-hydrogen) atoms. The summed E-state index contributed by atoms with van der Waals surface area (Å²) in [5.41, 5.74) is 4.17. The van der Waals surface area contributed by atoms with E-state index in [4.69, 9.17) is 0 Å². The van der Waals surface area contributed by atoms with Crippen LogP contribution in [0.1, 0.15) is 53.9 Å². The summed E-state index contributed by atoms with van der Waals surface area (Å²) in [6, 6.07) is 0. The van der Waals surface area contributed by atoms with E-state index in [1.165, 1.54) is 19.3 Å². The molecular weight excluding hydrogens is 180 g/mol. The van der Waals surface area contributed by atoms with E-state index in [2.05, 4.69) is 46.8 Å². The topological polar surface area (TPSA) is 0 Å². The van der Waals surface area contributed by atoms with Crippen LogP contribution in [0.3, 0.4) is 0 Å². The minimum Gasteiger partial charge on any atom is -0.0727 e. The molecular formula is C15H24. The van der Waals surface area contributed by atoms with Gasteiger partial charge in [0.25, 0.3) is 0 Å². The van der Waals surface area contributed by atoms with Gasteiger partial charge in [-0.15, -0.1) is 0 Å². The molecule has 84 valence electrons. The van der Waals surface area contributed by atoms with Crippen LogP contribution in [0.4, 0.5) is 0 Å². The Morgan fingerprint density at radius 2 is 1.73 bits per heavy atom. The van der Waals surface area contributed by atoms with Gasteiger partial charge in [-0.1, -0.05) is 51.0 Å². The average Bonchev–Trinajstić information content (AvgIpc) is 2.13. The summed E-state index contributed by atoms with van der Waals surface area (Å²) in [6.07, 6.45) is 8.73. The number of rotatable bonds is 0. The molecule has 0 spiro atoms. The maximum absolute atomic E-state index is 2.44. The summed E-state index contributed by atoms with van der Waals surface area (Å²) < 4.78 is 0. The van der Waals surface area contributed by atoms with Gasteiger partial charge in [-0.05, 0) is 42.9 Å². The maximum atomic E-state index is 2.44. The Hall–Kier alpha value is -0.520.